The summed E-state index contributed by atoms with van der Waals surface area (Å²) >= 11 is 0. The zero-order chi connectivity index (χ0) is 25.4. The van der Waals surface area contributed by atoms with Crippen LogP contribution in [0, 0.1) is 5.41 Å². The van der Waals surface area contributed by atoms with Crippen LogP contribution >= 0.6 is 0 Å². The first-order valence-corrected chi connectivity index (χ1v) is 11.3. The Kier molecular flexibility index (Phi) is 8.76. The lowest BCUT2D eigenvalue weighted by atomic mass is 9.87. The number of alkyl halides is 3. The number of nitrogens with zero attached hydrogens (tertiary/aromatic N) is 1. The standard InChI is InChI=1S/C27H28F4N4/c1-2-3-13-34-17-21-11-9-20(16-35-21)25(19-10-12-24(32)22(14-19)26(28)33)23(15-27(29,30)31)18-7-5-4-6-8-18/h4-12,14,16,33-34H,2-3,13,15,17,32H2,1H3/b25-23-,33-26?. The number of pyridine rings is 1. The smallest absolute Gasteiger partial charge is 0.393 e. The van der Waals surface area contributed by atoms with Gasteiger partial charge in [0.2, 0.25) is 5.97 Å². The fourth-order valence-corrected chi connectivity index (χ4v) is 3.79. The molecule has 4 nitrogen and oxygen atoms in total. The van der Waals surface area contributed by atoms with Gasteiger partial charge in [0.25, 0.3) is 0 Å². The number of benzene rings is 2. The number of nitrogen functional groups attached to an aromatic ring is 1. The lowest BCUT2D eigenvalue weighted by Crippen LogP contribution is -2.15. The highest BCUT2D eigenvalue weighted by molar-refractivity contribution is 6.02. The monoisotopic (exact) mass is 484 g/mol. The van der Waals surface area contributed by atoms with Gasteiger partial charge in [-0.25, -0.2) is 0 Å². The maximum atomic E-state index is 13.8. The third-order valence-electron chi connectivity index (χ3n) is 5.51. The SMILES string of the molecule is CCCCNCc1ccc(/C(=C(/CC(F)(F)F)c2ccccc2)c2ccc(N)c(C(=N)F)c2)cn1. The van der Waals surface area contributed by atoms with Gasteiger partial charge in [-0.1, -0.05) is 55.8 Å². The molecule has 0 radical (unpaired) electrons. The molecule has 0 fully saturated rings. The van der Waals surface area contributed by atoms with Crippen LogP contribution in [0.1, 0.15) is 54.1 Å². The zero-order valence-corrected chi connectivity index (χ0v) is 19.4. The minimum absolute atomic E-state index is 0.0230. The number of nitrogens with one attached hydrogen (secondary N) is 2. The van der Waals surface area contributed by atoms with Crippen LogP contribution < -0.4 is 11.1 Å². The molecule has 35 heavy (non-hydrogen) atoms. The summed E-state index contributed by atoms with van der Waals surface area (Å²) in [7, 11) is 0. The van der Waals surface area contributed by atoms with Gasteiger partial charge in [-0.15, -0.1) is 0 Å². The number of hydrogen-bond donors (Lipinski definition) is 3. The van der Waals surface area contributed by atoms with Crippen LogP contribution in [0.3, 0.4) is 0 Å². The summed E-state index contributed by atoms with van der Waals surface area (Å²) in [4.78, 5) is 4.45. The molecular weight excluding hydrogens is 456 g/mol. The Balaban J connectivity index is 2.19. The normalized spacial score (nSPS) is 12.4. The quantitative estimate of drug-likeness (QED) is 0.0979. The molecule has 0 aliphatic carbocycles. The minimum Gasteiger partial charge on any atom is -0.398 e. The second-order valence-electron chi connectivity index (χ2n) is 8.20. The minimum atomic E-state index is -4.49. The Bertz CT molecular complexity index is 1170. The van der Waals surface area contributed by atoms with Crippen molar-refractivity contribution in [3.63, 3.8) is 0 Å². The maximum Gasteiger partial charge on any atom is 0.393 e. The Hall–Kier alpha value is -3.52. The van der Waals surface area contributed by atoms with Crippen LogP contribution in [0.5, 0.6) is 0 Å². The summed E-state index contributed by atoms with van der Waals surface area (Å²) in [6, 6.07) is 16.0. The number of unbranched alkanes of at least 4 members (excludes halogenated alkanes) is 1. The van der Waals surface area contributed by atoms with E-state index in [4.69, 9.17) is 11.1 Å². The van der Waals surface area contributed by atoms with Crippen molar-refractivity contribution in [3.8, 4) is 0 Å². The topological polar surface area (TPSA) is 74.8 Å². The Labute approximate surface area is 202 Å². The molecule has 0 saturated carbocycles. The van der Waals surface area contributed by atoms with Crippen LogP contribution in [0.25, 0.3) is 11.1 Å². The molecule has 0 bridgehead atoms. The molecule has 0 saturated heterocycles. The van der Waals surface area contributed by atoms with Gasteiger partial charge in [0, 0.05) is 24.0 Å². The largest absolute Gasteiger partial charge is 0.398 e. The van der Waals surface area contributed by atoms with Crippen molar-refractivity contribution in [1.82, 2.24) is 10.3 Å². The lowest BCUT2D eigenvalue weighted by Gasteiger charge is -2.19. The summed E-state index contributed by atoms with van der Waals surface area (Å²) in [5, 5.41) is 10.7. The molecule has 0 aliphatic heterocycles. The molecule has 3 aromatic rings. The summed E-state index contributed by atoms with van der Waals surface area (Å²) in [6.45, 7) is 3.48. The summed E-state index contributed by atoms with van der Waals surface area (Å²) in [5.41, 5.74) is 7.85. The molecular formula is C27H28F4N4. The summed E-state index contributed by atoms with van der Waals surface area (Å²) < 4.78 is 55.1. The van der Waals surface area contributed by atoms with E-state index in [9.17, 15) is 17.6 Å². The Morgan fingerprint density at radius 3 is 2.31 bits per heavy atom. The van der Waals surface area contributed by atoms with Crippen LogP contribution in [0.15, 0.2) is 66.9 Å². The fourth-order valence-electron chi connectivity index (χ4n) is 3.79. The van der Waals surface area contributed by atoms with E-state index in [1.807, 2.05) is 0 Å². The van der Waals surface area contributed by atoms with Crippen molar-refractivity contribution in [2.75, 3.05) is 12.3 Å². The van der Waals surface area contributed by atoms with Crippen molar-refractivity contribution in [2.45, 2.75) is 38.9 Å². The average Bonchev–Trinajstić information content (AvgIpc) is 2.83. The van der Waals surface area contributed by atoms with Crippen LogP contribution in [0.2, 0.25) is 0 Å². The van der Waals surface area contributed by atoms with Crippen LogP contribution in [-0.4, -0.2) is 23.7 Å². The summed E-state index contributed by atoms with van der Waals surface area (Å²) in [6.07, 6.45) is -2.06. The van der Waals surface area contributed by atoms with Gasteiger partial charge in [0.15, 0.2) is 0 Å². The van der Waals surface area contributed by atoms with E-state index in [1.54, 1.807) is 42.5 Å². The predicted octanol–water partition coefficient (Wildman–Crippen LogP) is 6.76. The predicted molar refractivity (Wildman–Crippen MR) is 133 cm³/mol. The molecule has 0 amide bonds. The first-order chi connectivity index (χ1) is 16.7. The molecule has 1 heterocycles. The number of allylic oxidation sites excluding steroid dienone is 1. The second-order valence-corrected chi connectivity index (χ2v) is 8.20. The van der Waals surface area contributed by atoms with Crippen molar-refractivity contribution < 1.29 is 17.6 Å². The molecule has 1 aromatic heterocycles. The second kappa shape index (κ2) is 11.8. The lowest BCUT2D eigenvalue weighted by molar-refractivity contribution is -0.122. The third kappa shape index (κ3) is 7.23. The summed E-state index contributed by atoms with van der Waals surface area (Å²) in [5.74, 6) is -1.26. The van der Waals surface area contributed by atoms with Crippen LogP contribution in [0.4, 0.5) is 23.2 Å². The zero-order valence-electron chi connectivity index (χ0n) is 19.4. The van der Waals surface area contributed by atoms with E-state index in [0.29, 0.717) is 23.2 Å². The van der Waals surface area contributed by atoms with Gasteiger partial charge < -0.3 is 11.1 Å². The number of rotatable bonds is 10. The third-order valence-corrected chi connectivity index (χ3v) is 5.51. The highest BCUT2D eigenvalue weighted by Crippen LogP contribution is 2.39. The number of halogens is 4. The molecule has 2 aromatic carbocycles. The highest BCUT2D eigenvalue weighted by Gasteiger charge is 2.31. The number of hydrogen-bond acceptors (Lipinski definition) is 4. The molecule has 0 spiro atoms. The average molecular weight is 485 g/mol. The van der Waals surface area contributed by atoms with Crippen LogP contribution in [-0.2, 0) is 6.54 Å². The van der Waals surface area contributed by atoms with E-state index < -0.39 is 18.6 Å². The molecule has 8 heteroatoms. The number of anilines is 1. The Morgan fingerprint density at radius 1 is 1.00 bits per heavy atom. The number of aromatic nitrogens is 1. The van der Waals surface area contributed by atoms with Gasteiger partial charge in [0.05, 0.1) is 17.7 Å². The van der Waals surface area contributed by atoms with Crippen molar-refractivity contribution >= 4 is 22.8 Å². The van der Waals surface area contributed by atoms with E-state index in [1.165, 1.54) is 24.4 Å². The van der Waals surface area contributed by atoms with Gasteiger partial charge >= 0.3 is 6.18 Å². The first-order valence-electron chi connectivity index (χ1n) is 11.3. The van der Waals surface area contributed by atoms with Crippen molar-refractivity contribution in [3.05, 3.63) is 94.8 Å². The highest BCUT2D eigenvalue weighted by atomic mass is 19.4. The van der Waals surface area contributed by atoms with Gasteiger partial charge in [-0.2, -0.15) is 17.6 Å². The van der Waals surface area contributed by atoms with E-state index >= 15 is 0 Å². The molecule has 3 rings (SSSR count). The number of nitrogens with two attached hydrogens (primary N) is 1. The van der Waals surface area contributed by atoms with Gasteiger partial charge in [-0.3, -0.25) is 10.4 Å². The molecule has 0 unspecified atom stereocenters. The van der Waals surface area contributed by atoms with Crippen molar-refractivity contribution in [2.24, 2.45) is 0 Å². The van der Waals surface area contributed by atoms with Gasteiger partial charge in [0.1, 0.15) is 0 Å². The molecule has 0 atom stereocenters. The van der Waals surface area contributed by atoms with E-state index in [2.05, 4.69) is 17.2 Å². The maximum absolute atomic E-state index is 13.8. The fraction of sp³-hybridized carbons (Fsp3) is 0.259. The molecule has 0 aliphatic rings. The van der Waals surface area contributed by atoms with E-state index in [-0.39, 0.29) is 22.4 Å². The van der Waals surface area contributed by atoms with Crippen molar-refractivity contribution in [1.29, 1.82) is 5.41 Å². The molecule has 4 N–H and O–H groups in total. The van der Waals surface area contributed by atoms with Gasteiger partial charge in [-0.05, 0) is 53.4 Å². The van der Waals surface area contributed by atoms with E-state index in [0.717, 1.165) is 25.1 Å². The Morgan fingerprint density at radius 2 is 1.71 bits per heavy atom. The first kappa shape index (κ1) is 26.1. The molecule has 184 valence electrons.